The largest absolute Gasteiger partial charge is 0.450 e. The summed E-state index contributed by atoms with van der Waals surface area (Å²) in [5.41, 5.74) is 6.92. The fourth-order valence-electron chi connectivity index (χ4n) is 2.70. The minimum Gasteiger partial charge on any atom is -0.450 e. The Morgan fingerprint density at radius 3 is 2.84 bits per heavy atom. The molecule has 25 heavy (non-hydrogen) atoms. The molecule has 0 aliphatic carbocycles. The normalized spacial score (nSPS) is 16.0. The van der Waals surface area contributed by atoms with Gasteiger partial charge in [-0.3, -0.25) is 0 Å². The van der Waals surface area contributed by atoms with E-state index in [1.54, 1.807) is 24.0 Å². The molecule has 1 aromatic rings. The van der Waals surface area contributed by atoms with Gasteiger partial charge in [-0.05, 0) is 37.5 Å². The lowest BCUT2D eigenvalue weighted by Gasteiger charge is -2.31. The molecule has 4 N–H and O–H groups in total. The number of nitrogens with two attached hydrogens (primary N) is 1. The predicted molar refractivity (Wildman–Crippen MR) is 92.4 cm³/mol. The third kappa shape index (κ3) is 5.60. The SMILES string of the molecule is CCOC(=O)N1CCC(NC(N)=NCc2ccc(F)c(CO)c2)CC1. The van der Waals surface area contributed by atoms with Crippen molar-refractivity contribution in [3.05, 3.63) is 35.1 Å². The van der Waals surface area contributed by atoms with Crippen LogP contribution >= 0.6 is 0 Å². The van der Waals surface area contributed by atoms with Gasteiger partial charge in [0.05, 0.1) is 19.8 Å². The van der Waals surface area contributed by atoms with E-state index >= 15 is 0 Å². The van der Waals surface area contributed by atoms with E-state index in [0.29, 0.717) is 32.2 Å². The summed E-state index contributed by atoms with van der Waals surface area (Å²) >= 11 is 0. The highest BCUT2D eigenvalue weighted by Gasteiger charge is 2.23. The second-order valence-corrected chi connectivity index (χ2v) is 5.89. The van der Waals surface area contributed by atoms with Gasteiger partial charge in [0.2, 0.25) is 0 Å². The van der Waals surface area contributed by atoms with Crippen LogP contribution in [0, 0.1) is 5.82 Å². The molecule has 0 atom stereocenters. The number of amides is 1. The highest BCUT2D eigenvalue weighted by molar-refractivity contribution is 5.78. The van der Waals surface area contributed by atoms with Gasteiger partial charge in [0.15, 0.2) is 5.96 Å². The lowest BCUT2D eigenvalue weighted by molar-refractivity contribution is 0.0963. The predicted octanol–water partition coefficient (Wildman–Crippen LogP) is 1.34. The maximum Gasteiger partial charge on any atom is 0.409 e. The van der Waals surface area contributed by atoms with Crippen LogP contribution in [-0.2, 0) is 17.9 Å². The fourth-order valence-corrected chi connectivity index (χ4v) is 2.70. The van der Waals surface area contributed by atoms with Crippen LogP contribution in [0.15, 0.2) is 23.2 Å². The zero-order valence-electron chi connectivity index (χ0n) is 14.4. The van der Waals surface area contributed by atoms with Crippen molar-refractivity contribution in [3.8, 4) is 0 Å². The third-order valence-electron chi connectivity index (χ3n) is 4.09. The van der Waals surface area contributed by atoms with Gasteiger partial charge in [-0.2, -0.15) is 0 Å². The standard InChI is InChI=1S/C17H25FN4O3/c1-2-25-17(24)22-7-5-14(6-8-22)21-16(19)20-10-12-3-4-15(18)13(9-12)11-23/h3-4,9,14,23H,2,5-8,10-11H2,1H3,(H3,19,20,21). The van der Waals surface area contributed by atoms with Gasteiger partial charge < -0.3 is 25.8 Å². The highest BCUT2D eigenvalue weighted by Crippen LogP contribution is 2.13. The van der Waals surface area contributed by atoms with Crippen LogP contribution in [0.4, 0.5) is 9.18 Å². The second kappa shape index (κ2) is 9.22. The van der Waals surface area contributed by atoms with Gasteiger partial charge in [-0.25, -0.2) is 14.2 Å². The Kier molecular flexibility index (Phi) is 7.00. The van der Waals surface area contributed by atoms with E-state index in [9.17, 15) is 9.18 Å². The minimum atomic E-state index is -0.435. The van der Waals surface area contributed by atoms with Crippen LogP contribution in [0.5, 0.6) is 0 Å². The number of aliphatic imine (C=N–C) groups is 1. The van der Waals surface area contributed by atoms with Crippen LogP contribution in [0.25, 0.3) is 0 Å². The summed E-state index contributed by atoms with van der Waals surface area (Å²) in [6, 6.07) is 4.65. The summed E-state index contributed by atoms with van der Waals surface area (Å²) < 4.78 is 18.3. The number of hydrogen-bond acceptors (Lipinski definition) is 4. The Hall–Kier alpha value is -2.35. The average Bonchev–Trinajstić information content (AvgIpc) is 2.62. The zero-order valence-corrected chi connectivity index (χ0v) is 14.4. The smallest absolute Gasteiger partial charge is 0.409 e. The van der Waals surface area contributed by atoms with E-state index in [0.717, 1.165) is 18.4 Å². The summed E-state index contributed by atoms with van der Waals surface area (Å²) in [4.78, 5) is 17.6. The molecule has 0 bridgehead atoms. The van der Waals surface area contributed by atoms with Crippen molar-refractivity contribution >= 4 is 12.1 Å². The Balaban J connectivity index is 1.81. The monoisotopic (exact) mass is 352 g/mol. The first-order valence-electron chi connectivity index (χ1n) is 8.39. The molecule has 1 fully saturated rings. The maximum absolute atomic E-state index is 13.3. The molecule has 0 aromatic heterocycles. The van der Waals surface area contributed by atoms with Gasteiger partial charge in [0.1, 0.15) is 5.82 Å². The van der Waals surface area contributed by atoms with E-state index in [1.807, 2.05) is 0 Å². The molecule has 138 valence electrons. The molecule has 0 radical (unpaired) electrons. The highest BCUT2D eigenvalue weighted by atomic mass is 19.1. The fraction of sp³-hybridized carbons (Fsp3) is 0.529. The van der Waals surface area contributed by atoms with Gasteiger partial charge in [0.25, 0.3) is 0 Å². The number of rotatable bonds is 5. The van der Waals surface area contributed by atoms with E-state index in [1.165, 1.54) is 6.07 Å². The van der Waals surface area contributed by atoms with Crippen LogP contribution in [0.1, 0.15) is 30.9 Å². The number of likely N-dealkylation sites (tertiary alicyclic amines) is 1. The van der Waals surface area contributed by atoms with E-state index in [2.05, 4.69) is 10.3 Å². The van der Waals surface area contributed by atoms with Crippen LogP contribution in [-0.4, -0.2) is 47.8 Å². The molecule has 1 heterocycles. The number of hydrogen-bond donors (Lipinski definition) is 3. The molecule has 0 saturated carbocycles. The first-order valence-corrected chi connectivity index (χ1v) is 8.39. The number of aliphatic hydroxyl groups excluding tert-OH is 1. The summed E-state index contributed by atoms with van der Waals surface area (Å²) in [5.74, 6) is -0.126. The van der Waals surface area contributed by atoms with Gasteiger partial charge >= 0.3 is 6.09 Å². The van der Waals surface area contributed by atoms with Crippen molar-refractivity contribution in [2.45, 2.75) is 39.0 Å². The van der Waals surface area contributed by atoms with Gasteiger partial charge in [-0.15, -0.1) is 0 Å². The molecular formula is C17H25FN4O3. The molecule has 1 aliphatic rings. The lowest BCUT2D eigenvalue weighted by Crippen LogP contribution is -2.48. The van der Waals surface area contributed by atoms with Crippen molar-refractivity contribution in [2.24, 2.45) is 10.7 Å². The number of nitrogens with zero attached hydrogens (tertiary/aromatic N) is 2. The molecule has 0 unspecified atom stereocenters. The quantitative estimate of drug-likeness (QED) is 0.548. The number of benzene rings is 1. The Morgan fingerprint density at radius 2 is 2.20 bits per heavy atom. The first-order chi connectivity index (χ1) is 12.0. The van der Waals surface area contributed by atoms with E-state index in [4.69, 9.17) is 15.6 Å². The molecule has 1 amide bonds. The minimum absolute atomic E-state index is 0.149. The number of halogens is 1. The third-order valence-corrected chi connectivity index (χ3v) is 4.09. The van der Waals surface area contributed by atoms with Gasteiger partial charge in [-0.1, -0.05) is 6.07 Å². The summed E-state index contributed by atoms with van der Waals surface area (Å²) in [5, 5.41) is 12.2. The molecular weight excluding hydrogens is 327 g/mol. The summed E-state index contributed by atoms with van der Waals surface area (Å²) in [6.45, 7) is 3.33. The number of piperidine rings is 1. The number of nitrogens with one attached hydrogen (secondary N) is 1. The van der Waals surface area contributed by atoms with Crippen molar-refractivity contribution in [3.63, 3.8) is 0 Å². The summed E-state index contributed by atoms with van der Waals surface area (Å²) in [7, 11) is 0. The van der Waals surface area contributed by atoms with Crippen LogP contribution in [0.3, 0.4) is 0 Å². The number of carbonyl (C=O) groups is 1. The zero-order chi connectivity index (χ0) is 18.2. The van der Waals surface area contributed by atoms with Crippen molar-refractivity contribution in [2.75, 3.05) is 19.7 Å². The number of guanidine groups is 1. The molecule has 8 heteroatoms. The first kappa shape index (κ1) is 19.0. The molecule has 1 aliphatic heterocycles. The molecule has 2 rings (SSSR count). The number of carbonyl (C=O) groups excluding carboxylic acids is 1. The van der Waals surface area contributed by atoms with E-state index < -0.39 is 5.82 Å². The van der Waals surface area contributed by atoms with E-state index in [-0.39, 0.29) is 24.3 Å². The van der Waals surface area contributed by atoms with Crippen molar-refractivity contribution in [1.29, 1.82) is 0 Å². The maximum atomic E-state index is 13.3. The van der Waals surface area contributed by atoms with Crippen LogP contribution in [0.2, 0.25) is 0 Å². The molecule has 0 spiro atoms. The Bertz CT molecular complexity index is 616. The topological polar surface area (TPSA) is 100 Å². The average molecular weight is 352 g/mol. The summed E-state index contributed by atoms with van der Waals surface area (Å²) in [6.07, 6.45) is 1.25. The lowest BCUT2D eigenvalue weighted by atomic mass is 10.1. The molecule has 1 aromatic carbocycles. The van der Waals surface area contributed by atoms with Gasteiger partial charge in [0, 0.05) is 24.7 Å². The molecule has 7 nitrogen and oxygen atoms in total. The number of aliphatic hydroxyl groups is 1. The van der Waals surface area contributed by atoms with Crippen LogP contribution < -0.4 is 11.1 Å². The molecule has 1 saturated heterocycles. The van der Waals surface area contributed by atoms with Crippen molar-refractivity contribution in [1.82, 2.24) is 10.2 Å². The Morgan fingerprint density at radius 1 is 1.48 bits per heavy atom. The second-order valence-electron chi connectivity index (χ2n) is 5.89. The number of ether oxygens (including phenoxy) is 1. The Labute approximate surface area is 146 Å². The van der Waals surface area contributed by atoms with Crippen molar-refractivity contribution < 1.29 is 19.0 Å².